The number of methoxy groups -OCH3 is 1. The van der Waals surface area contributed by atoms with Gasteiger partial charge >= 0.3 is 0 Å². The molecule has 0 aromatic rings. The minimum Gasteiger partial charge on any atom is -0.392 e. The first-order valence-electron chi connectivity index (χ1n) is 4.24. The molecule has 0 atom stereocenters. The molecule has 12 heavy (non-hydrogen) atoms. The molecule has 3 heteroatoms. The van der Waals surface area contributed by atoms with Crippen LogP contribution in [0.2, 0.25) is 0 Å². The third-order valence-corrected chi connectivity index (χ3v) is 2.27. The Bertz CT molecular complexity index is 148. The third-order valence-electron chi connectivity index (χ3n) is 2.27. The van der Waals surface area contributed by atoms with Gasteiger partial charge in [-0.1, -0.05) is 12.2 Å². The van der Waals surface area contributed by atoms with Gasteiger partial charge in [-0.3, -0.25) is 0 Å². The van der Waals surface area contributed by atoms with Gasteiger partial charge in [-0.25, -0.2) is 0 Å². The van der Waals surface area contributed by atoms with Gasteiger partial charge in [0, 0.05) is 33.2 Å². The minimum absolute atomic E-state index is 0.0754. The molecular formula is C9H16O3. The lowest BCUT2D eigenvalue weighted by molar-refractivity contribution is -0.0588. The van der Waals surface area contributed by atoms with Crippen LogP contribution in [0.3, 0.4) is 0 Å². The topological polar surface area (TPSA) is 38.7 Å². The van der Waals surface area contributed by atoms with Gasteiger partial charge in [0.15, 0.2) is 0 Å². The SMILES string of the molecule is COC1(C=CCO)CCOCC1. The van der Waals surface area contributed by atoms with Crippen LogP contribution in [-0.4, -0.2) is 37.6 Å². The molecule has 1 fully saturated rings. The quantitative estimate of drug-likeness (QED) is 0.638. The van der Waals surface area contributed by atoms with Crippen LogP contribution in [0.15, 0.2) is 12.2 Å². The monoisotopic (exact) mass is 172 g/mol. The van der Waals surface area contributed by atoms with Gasteiger partial charge in [0.2, 0.25) is 0 Å². The summed E-state index contributed by atoms with van der Waals surface area (Å²) in [5, 5.41) is 8.63. The molecule has 0 aromatic carbocycles. The number of ether oxygens (including phenoxy) is 2. The van der Waals surface area contributed by atoms with E-state index in [1.165, 1.54) is 0 Å². The van der Waals surface area contributed by atoms with Crippen molar-refractivity contribution >= 4 is 0 Å². The predicted molar refractivity (Wildman–Crippen MR) is 46.0 cm³/mol. The van der Waals surface area contributed by atoms with E-state index in [4.69, 9.17) is 14.6 Å². The minimum atomic E-state index is -0.193. The molecule has 0 bridgehead atoms. The molecule has 1 saturated heterocycles. The van der Waals surface area contributed by atoms with Crippen LogP contribution >= 0.6 is 0 Å². The second kappa shape index (κ2) is 4.60. The van der Waals surface area contributed by atoms with E-state index in [1.807, 2.05) is 6.08 Å². The molecule has 1 heterocycles. The summed E-state index contributed by atoms with van der Waals surface area (Å²) in [5.74, 6) is 0. The normalized spacial score (nSPS) is 23.2. The highest BCUT2D eigenvalue weighted by Crippen LogP contribution is 2.25. The van der Waals surface area contributed by atoms with E-state index in [-0.39, 0.29) is 12.2 Å². The molecule has 0 saturated carbocycles. The molecule has 0 spiro atoms. The fraction of sp³-hybridized carbons (Fsp3) is 0.778. The fourth-order valence-electron chi connectivity index (χ4n) is 1.42. The summed E-state index contributed by atoms with van der Waals surface area (Å²) in [4.78, 5) is 0. The van der Waals surface area contributed by atoms with Gasteiger partial charge in [0.05, 0.1) is 12.2 Å². The summed E-state index contributed by atoms with van der Waals surface area (Å²) in [6.07, 6.45) is 5.42. The Morgan fingerprint density at radius 3 is 2.67 bits per heavy atom. The van der Waals surface area contributed by atoms with Crippen molar-refractivity contribution in [1.82, 2.24) is 0 Å². The first-order chi connectivity index (χ1) is 5.83. The van der Waals surface area contributed by atoms with Crippen LogP contribution in [-0.2, 0) is 9.47 Å². The molecule has 0 aliphatic carbocycles. The highest BCUT2D eigenvalue weighted by atomic mass is 16.5. The number of aliphatic hydroxyl groups is 1. The second-order valence-electron chi connectivity index (χ2n) is 2.97. The standard InChI is InChI=1S/C9H16O3/c1-11-9(3-2-6-10)4-7-12-8-5-9/h2-3,10H,4-8H2,1H3. The molecule has 1 N–H and O–H groups in total. The van der Waals surface area contributed by atoms with E-state index in [0.29, 0.717) is 0 Å². The third kappa shape index (κ3) is 2.30. The van der Waals surface area contributed by atoms with E-state index in [2.05, 4.69) is 0 Å². The van der Waals surface area contributed by atoms with Crippen molar-refractivity contribution in [1.29, 1.82) is 0 Å². The van der Waals surface area contributed by atoms with Gasteiger partial charge in [-0.2, -0.15) is 0 Å². The highest BCUT2D eigenvalue weighted by Gasteiger charge is 2.29. The maximum absolute atomic E-state index is 8.63. The number of hydrogen-bond acceptors (Lipinski definition) is 3. The zero-order valence-corrected chi connectivity index (χ0v) is 7.45. The van der Waals surface area contributed by atoms with Crippen LogP contribution in [0, 0.1) is 0 Å². The van der Waals surface area contributed by atoms with Crippen molar-refractivity contribution in [3.05, 3.63) is 12.2 Å². The lowest BCUT2D eigenvalue weighted by Crippen LogP contribution is -2.36. The Kier molecular flexibility index (Phi) is 3.72. The van der Waals surface area contributed by atoms with Gasteiger partial charge < -0.3 is 14.6 Å². The Balaban J connectivity index is 2.53. The molecule has 0 amide bonds. The Hall–Kier alpha value is -0.380. The van der Waals surface area contributed by atoms with Crippen LogP contribution in [0.25, 0.3) is 0 Å². The number of hydrogen-bond donors (Lipinski definition) is 1. The van der Waals surface area contributed by atoms with Gasteiger partial charge in [0.25, 0.3) is 0 Å². The van der Waals surface area contributed by atoms with Crippen molar-refractivity contribution in [2.24, 2.45) is 0 Å². The Morgan fingerprint density at radius 1 is 1.50 bits per heavy atom. The molecule has 0 radical (unpaired) electrons. The predicted octanol–water partition coefficient (Wildman–Crippen LogP) is 0.730. The number of rotatable bonds is 3. The summed E-state index contributed by atoms with van der Waals surface area (Å²) in [5.41, 5.74) is -0.193. The highest BCUT2D eigenvalue weighted by molar-refractivity contribution is 5.03. The maximum atomic E-state index is 8.63. The van der Waals surface area contributed by atoms with Crippen molar-refractivity contribution in [3.63, 3.8) is 0 Å². The molecule has 70 valence electrons. The smallest absolute Gasteiger partial charge is 0.0903 e. The summed E-state index contributed by atoms with van der Waals surface area (Å²) in [6, 6.07) is 0. The first kappa shape index (κ1) is 9.71. The van der Waals surface area contributed by atoms with Crippen molar-refractivity contribution in [2.75, 3.05) is 26.9 Å². The molecule has 0 aromatic heterocycles. The summed E-state index contributed by atoms with van der Waals surface area (Å²) in [6.45, 7) is 1.55. The molecule has 1 aliphatic rings. The largest absolute Gasteiger partial charge is 0.392 e. The van der Waals surface area contributed by atoms with Crippen LogP contribution in [0.4, 0.5) is 0 Å². The number of aliphatic hydroxyl groups excluding tert-OH is 1. The van der Waals surface area contributed by atoms with E-state index in [0.717, 1.165) is 26.1 Å². The zero-order chi connectivity index (χ0) is 8.86. The Labute approximate surface area is 73.0 Å². The fourth-order valence-corrected chi connectivity index (χ4v) is 1.42. The second-order valence-corrected chi connectivity index (χ2v) is 2.97. The maximum Gasteiger partial charge on any atom is 0.0903 e. The van der Waals surface area contributed by atoms with E-state index < -0.39 is 0 Å². The van der Waals surface area contributed by atoms with Crippen molar-refractivity contribution in [2.45, 2.75) is 18.4 Å². The zero-order valence-electron chi connectivity index (χ0n) is 7.45. The van der Waals surface area contributed by atoms with E-state index in [1.54, 1.807) is 13.2 Å². The van der Waals surface area contributed by atoms with Crippen molar-refractivity contribution < 1.29 is 14.6 Å². The van der Waals surface area contributed by atoms with Gasteiger partial charge in [-0.15, -0.1) is 0 Å². The molecular weight excluding hydrogens is 156 g/mol. The van der Waals surface area contributed by atoms with Crippen LogP contribution < -0.4 is 0 Å². The molecule has 0 unspecified atom stereocenters. The van der Waals surface area contributed by atoms with Crippen LogP contribution in [0.5, 0.6) is 0 Å². The summed E-state index contributed by atoms with van der Waals surface area (Å²) in [7, 11) is 1.70. The summed E-state index contributed by atoms with van der Waals surface area (Å²) >= 11 is 0. The van der Waals surface area contributed by atoms with E-state index >= 15 is 0 Å². The van der Waals surface area contributed by atoms with Crippen LogP contribution in [0.1, 0.15) is 12.8 Å². The average molecular weight is 172 g/mol. The molecule has 1 aliphatic heterocycles. The lowest BCUT2D eigenvalue weighted by atomic mass is 9.93. The average Bonchev–Trinajstić information content (AvgIpc) is 2.16. The van der Waals surface area contributed by atoms with Crippen molar-refractivity contribution in [3.8, 4) is 0 Å². The Morgan fingerprint density at radius 2 is 2.17 bits per heavy atom. The lowest BCUT2D eigenvalue weighted by Gasteiger charge is -2.33. The molecule has 1 rings (SSSR count). The van der Waals surface area contributed by atoms with Gasteiger partial charge in [-0.05, 0) is 0 Å². The summed E-state index contributed by atoms with van der Waals surface area (Å²) < 4.78 is 10.6. The first-order valence-corrected chi connectivity index (χ1v) is 4.24. The van der Waals surface area contributed by atoms with Gasteiger partial charge in [0.1, 0.15) is 0 Å². The molecule has 3 nitrogen and oxygen atoms in total. The van der Waals surface area contributed by atoms with E-state index in [9.17, 15) is 0 Å².